The standard InChI is InChI=1S/C15H14N2O2S2/c1-11-3-5-14(6-4-11)21(18,19)17-15(12(2)9-16)13-7-8-20-10-13/h3-8,10,15,17H,2H2,1H3/t15-/m1/s1. The van der Waals surface area contributed by atoms with Crippen LogP contribution in [0.5, 0.6) is 0 Å². The molecule has 1 atom stereocenters. The number of thiophene rings is 1. The first-order valence-corrected chi connectivity index (χ1v) is 8.56. The van der Waals surface area contributed by atoms with Crippen molar-refractivity contribution in [3.63, 3.8) is 0 Å². The summed E-state index contributed by atoms with van der Waals surface area (Å²) < 4.78 is 27.4. The Morgan fingerprint density at radius 3 is 2.52 bits per heavy atom. The van der Waals surface area contributed by atoms with E-state index in [4.69, 9.17) is 5.26 Å². The van der Waals surface area contributed by atoms with E-state index in [1.54, 1.807) is 23.6 Å². The average molecular weight is 318 g/mol. The van der Waals surface area contributed by atoms with Crippen molar-refractivity contribution in [2.45, 2.75) is 17.9 Å². The summed E-state index contributed by atoms with van der Waals surface area (Å²) in [6.45, 7) is 5.52. The molecule has 6 heteroatoms. The maximum absolute atomic E-state index is 12.4. The van der Waals surface area contributed by atoms with Crippen LogP contribution in [-0.2, 0) is 10.0 Å². The van der Waals surface area contributed by atoms with Crippen LogP contribution in [0, 0.1) is 18.3 Å². The van der Waals surface area contributed by atoms with Gasteiger partial charge in [-0.25, -0.2) is 8.42 Å². The predicted molar refractivity (Wildman–Crippen MR) is 83.3 cm³/mol. The lowest BCUT2D eigenvalue weighted by atomic mass is 10.1. The van der Waals surface area contributed by atoms with Crippen LogP contribution in [-0.4, -0.2) is 8.42 Å². The number of nitrogens with zero attached hydrogens (tertiary/aromatic N) is 1. The normalized spacial score (nSPS) is 12.6. The van der Waals surface area contributed by atoms with Crippen LogP contribution >= 0.6 is 11.3 Å². The Hall–Kier alpha value is -1.94. The minimum absolute atomic E-state index is 0.157. The third kappa shape index (κ3) is 3.58. The molecule has 21 heavy (non-hydrogen) atoms. The minimum atomic E-state index is -3.71. The van der Waals surface area contributed by atoms with Crippen LogP contribution in [0.25, 0.3) is 0 Å². The topological polar surface area (TPSA) is 70.0 Å². The number of nitriles is 1. The van der Waals surface area contributed by atoms with Gasteiger partial charge in [-0.3, -0.25) is 0 Å². The highest BCUT2D eigenvalue weighted by molar-refractivity contribution is 7.89. The van der Waals surface area contributed by atoms with Gasteiger partial charge in [-0.2, -0.15) is 21.3 Å². The van der Waals surface area contributed by atoms with Crippen molar-refractivity contribution in [1.82, 2.24) is 4.72 Å². The van der Waals surface area contributed by atoms with Gasteiger partial charge >= 0.3 is 0 Å². The number of rotatable bonds is 5. The van der Waals surface area contributed by atoms with E-state index in [-0.39, 0.29) is 10.5 Å². The van der Waals surface area contributed by atoms with E-state index >= 15 is 0 Å². The SMILES string of the molecule is C=C(C#N)[C@@H](NS(=O)(=O)c1ccc(C)cc1)c1ccsc1. The van der Waals surface area contributed by atoms with Crippen LogP contribution in [0.15, 0.2) is 58.1 Å². The predicted octanol–water partition coefficient (Wildman–Crippen LogP) is 3.16. The fraction of sp³-hybridized carbons (Fsp3) is 0.133. The molecule has 0 spiro atoms. The van der Waals surface area contributed by atoms with E-state index in [0.717, 1.165) is 5.56 Å². The van der Waals surface area contributed by atoms with Gasteiger partial charge in [0.15, 0.2) is 0 Å². The van der Waals surface area contributed by atoms with E-state index in [1.165, 1.54) is 23.5 Å². The van der Waals surface area contributed by atoms with Gasteiger partial charge in [-0.05, 0) is 41.4 Å². The highest BCUT2D eigenvalue weighted by Gasteiger charge is 2.23. The summed E-state index contributed by atoms with van der Waals surface area (Å²) in [5.74, 6) is 0. The largest absolute Gasteiger partial charge is 0.241 e. The quantitative estimate of drug-likeness (QED) is 0.861. The summed E-state index contributed by atoms with van der Waals surface area (Å²) in [6.07, 6.45) is 0. The molecular weight excluding hydrogens is 304 g/mol. The number of hydrogen-bond donors (Lipinski definition) is 1. The Kier molecular flexibility index (Phi) is 4.58. The Bertz CT molecular complexity index is 770. The molecule has 0 aliphatic carbocycles. The average Bonchev–Trinajstić information content (AvgIpc) is 2.98. The first kappa shape index (κ1) is 15.4. The highest BCUT2D eigenvalue weighted by atomic mass is 32.2. The third-order valence-corrected chi connectivity index (χ3v) is 5.11. The summed E-state index contributed by atoms with van der Waals surface area (Å²) in [6, 6.07) is 9.49. The second-order valence-corrected chi connectivity index (χ2v) is 7.06. The molecule has 1 aromatic carbocycles. The molecule has 0 unspecified atom stereocenters. The van der Waals surface area contributed by atoms with E-state index in [9.17, 15) is 8.42 Å². The molecule has 1 heterocycles. The maximum atomic E-state index is 12.4. The van der Waals surface area contributed by atoms with Crippen LogP contribution in [0.1, 0.15) is 17.2 Å². The molecule has 0 radical (unpaired) electrons. The Morgan fingerprint density at radius 2 is 2.00 bits per heavy atom. The fourth-order valence-electron chi connectivity index (χ4n) is 1.78. The van der Waals surface area contributed by atoms with Crippen LogP contribution < -0.4 is 4.72 Å². The second kappa shape index (κ2) is 6.22. The molecule has 2 aromatic rings. The number of hydrogen-bond acceptors (Lipinski definition) is 4. The van der Waals surface area contributed by atoms with Crippen molar-refractivity contribution in [2.24, 2.45) is 0 Å². The van der Waals surface area contributed by atoms with Gasteiger partial charge in [0.1, 0.15) is 0 Å². The summed E-state index contributed by atoms with van der Waals surface area (Å²) in [5, 5.41) is 12.6. The molecule has 0 saturated heterocycles. The number of benzene rings is 1. The van der Waals surface area contributed by atoms with Crippen LogP contribution in [0.3, 0.4) is 0 Å². The number of sulfonamides is 1. The Labute approximate surface area is 128 Å². The van der Waals surface area contributed by atoms with E-state index in [1.807, 2.05) is 18.4 Å². The summed E-state index contributed by atoms with van der Waals surface area (Å²) in [7, 11) is -3.71. The number of aryl methyl sites for hydroxylation is 1. The van der Waals surface area contributed by atoms with E-state index in [2.05, 4.69) is 11.3 Å². The lowest BCUT2D eigenvalue weighted by Gasteiger charge is -2.16. The first-order valence-electron chi connectivity index (χ1n) is 6.14. The van der Waals surface area contributed by atoms with Crippen molar-refractivity contribution in [1.29, 1.82) is 5.26 Å². The fourth-order valence-corrected chi connectivity index (χ4v) is 3.69. The van der Waals surface area contributed by atoms with Gasteiger partial charge in [-0.15, -0.1) is 0 Å². The van der Waals surface area contributed by atoms with Gasteiger partial charge in [0, 0.05) is 5.57 Å². The zero-order valence-corrected chi connectivity index (χ0v) is 13.0. The van der Waals surface area contributed by atoms with Gasteiger partial charge in [0.2, 0.25) is 10.0 Å². The molecule has 0 amide bonds. The van der Waals surface area contributed by atoms with Crippen molar-refractivity contribution in [3.8, 4) is 6.07 Å². The number of nitrogens with one attached hydrogen (secondary N) is 1. The molecule has 4 nitrogen and oxygen atoms in total. The van der Waals surface area contributed by atoms with Crippen LogP contribution in [0.4, 0.5) is 0 Å². The third-order valence-electron chi connectivity index (χ3n) is 2.97. The molecule has 0 aliphatic rings. The zero-order valence-electron chi connectivity index (χ0n) is 11.4. The molecular formula is C15H14N2O2S2. The van der Waals surface area contributed by atoms with Crippen molar-refractivity contribution >= 4 is 21.4 Å². The van der Waals surface area contributed by atoms with Crippen molar-refractivity contribution in [2.75, 3.05) is 0 Å². The van der Waals surface area contributed by atoms with Gasteiger partial charge in [0.05, 0.1) is 17.0 Å². The molecule has 2 rings (SSSR count). The summed E-state index contributed by atoms with van der Waals surface area (Å²) in [4.78, 5) is 0.166. The molecule has 1 N–H and O–H groups in total. The van der Waals surface area contributed by atoms with Crippen molar-refractivity contribution < 1.29 is 8.42 Å². The molecule has 0 aliphatic heterocycles. The van der Waals surface area contributed by atoms with Crippen LogP contribution in [0.2, 0.25) is 0 Å². The molecule has 1 aromatic heterocycles. The minimum Gasteiger partial charge on any atom is -0.207 e. The Balaban J connectivity index is 2.34. The zero-order chi connectivity index (χ0) is 15.5. The van der Waals surface area contributed by atoms with Gasteiger partial charge in [-0.1, -0.05) is 24.3 Å². The van der Waals surface area contributed by atoms with E-state index in [0.29, 0.717) is 5.56 Å². The molecule has 108 valence electrons. The second-order valence-electron chi connectivity index (χ2n) is 4.56. The molecule has 0 fully saturated rings. The summed E-state index contributed by atoms with van der Waals surface area (Å²) >= 11 is 1.43. The maximum Gasteiger partial charge on any atom is 0.241 e. The van der Waals surface area contributed by atoms with Crippen molar-refractivity contribution in [3.05, 3.63) is 64.4 Å². The molecule has 0 bridgehead atoms. The van der Waals surface area contributed by atoms with E-state index < -0.39 is 16.1 Å². The van der Waals surface area contributed by atoms with Gasteiger partial charge in [0.25, 0.3) is 0 Å². The lowest BCUT2D eigenvalue weighted by molar-refractivity contribution is 0.572. The molecule has 0 saturated carbocycles. The first-order chi connectivity index (χ1) is 9.94. The monoisotopic (exact) mass is 318 g/mol. The summed E-state index contributed by atoms with van der Waals surface area (Å²) in [5.41, 5.74) is 1.84. The van der Waals surface area contributed by atoms with Gasteiger partial charge < -0.3 is 0 Å². The Morgan fingerprint density at radius 1 is 1.33 bits per heavy atom. The lowest BCUT2D eigenvalue weighted by Crippen LogP contribution is -2.29. The highest BCUT2D eigenvalue weighted by Crippen LogP contribution is 2.25. The smallest absolute Gasteiger partial charge is 0.207 e.